The van der Waals surface area contributed by atoms with Gasteiger partial charge in [0.2, 0.25) is 0 Å². The summed E-state index contributed by atoms with van der Waals surface area (Å²) in [5.41, 5.74) is 3.62. The topological polar surface area (TPSA) is 53.3 Å². The number of nitrogens with zero attached hydrogens (tertiary/aromatic N) is 2. The standard InChI is InChI=1S/C28H37BrN2O2SSi/c1-28(2,3)33-27(32)31-15-13-21(14-16-31)20-7-9-22(10-8-20)23-11-12-25(29)26(24(23)19-30)34-17-18-35(4,5)6/h7-12,21H,13-18H2,1-6H3. The largest absolute Gasteiger partial charge is 0.444 e. The monoisotopic (exact) mass is 572 g/mol. The van der Waals surface area contributed by atoms with Crippen LogP contribution in [-0.4, -0.2) is 43.5 Å². The Kier molecular flexibility index (Phi) is 9.17. The zero-order valence-corrected chi connectivity index (χ0v) is 25.2. The predicted molar refractivity (Wildman–Crippen MR) is 153 cm³/mol. The molecule has 7 heteroatoms. The highest BCUT2D eigenvalue weighted by Crippen LogP contribution is 2.38. The van der Waals surface area contributed by atoms with Crippen molar-refractivity contribution in [3.63, 3.8) is 0 Å². The van der Waals surface area contributed by atoms with Gasteiger partial charge in [0.15, 0.2) is 0 Å². The maximum atomic E-state index is 12.4. The second-order valence-corrected chi connectivity index (χ2v) is 19.0. The summed E-state index contributed by atoms with van der Waals surface area (Å²) < 4.78 is 6.51. The van der Waals surface area contributed by atoms with Crippen LogP contribution >= 0.6 is 27.7 Å². The SMILES string of the molecule is CC(C)(C)OC(=O)N1CCC(c2ccc(-c3ccc(Br)c(SCC[Si](C)(C)C)c3C#N)cc2)CC1. The van der Waals surface area contributed by atoms with E-state index in [1.165, 1.54) is 11.6 Å². The molecule has 1 heterocycles. The molecule has 0 bridgehead atoms. The number of hydrogen-bond donors (Lipinski definition) is 0. The third kappa shape index (κ3) is 7.86. The summed E-state index contributed by atoms with van der Waals surface area (Å²) in [4.78, 5) is 15.2. The Bertz CT molecular complexity index is 1080. The molecule has 1 aliphatic heterocycles. The van der Waals surface area contributed by atoms with Crippen LogP contribution in [0, 0.1) is 11.3 Å². The molecule has 1 saturated heterocycles. The first-order valence-corrected chi connectivity index (χ1v) is 17.8. The van der Waals surface area contributed by atoms with E-state index < -0.39 is 13.7 Å². The lowest BCUT2D eigenvalue weighted by Gasteiger charge is -2.33. The van der Waals surface area contributed by atoms with Gasteiger partial charge < -0.3 is 9.64 Å². The van der Waals surface area contributed by atoms with Crippen molar-refractivity contribution in [2.45, 2.75) is 75.7 Å². The fourth-order valence-electron chi connectivity index (χ4n) is 4.17. The summed E-state index contributed by atoms with van der Waals surface area (Å²) >= 11 is 5.46. The van der Waals surface area contributed by atoms with Gasteiger partial charge in [-0.25, -0.2) is 4.79 Å². The van der Waals surface area contributed by atoms with Gasteiger partial charge in [0.05, 0.1) is 5.56 Å². The lowest BCUT2D eigenvalue weighted by atomic mass is 9.88. The first kappa shape index (κ1) is 27.8. The van der Waals surface area contributed by atoms with Crippen molar-refractivity contribution in [2.24, 2.45) is 0 Å². The van der Waals surface area contributed by atoms with E-state index in [-0.39, 0.29) is 6.09 Å². The maximum absolute atomic E-state index is 12.4. The Morgan fingerprint density at radius 3 is 2.31 bits per heavy atom. The lowest BCUT2D eigenvalue weighted by Crippen LogP contribution is -2.41. The molecule has 1 amide bonds. The molecule has 0 atom stereocenters. The first-order valence-electron chi connectivity index (χ1n) is 12.3. The van der Waals surface area contributed by atoms with E-state index in [4.69, 9.17) is 4.74 Å². The van der Waals surface area contributed by atoms with E-state index in [2.05, 4.69) is 72.0 Å². The van der Waals surface area contributed by atoms with E-state index in [0.717, 1.165) is 44.7 Å². The average molecular weight is 574 g/mol. The second-order valence-electron chi connectivity index (χ2n) is 11.4. The number of rotatable bonds is 6. The minimum atomic E-state index is -1.13. The molecular formula is C28H37BrN2O2SSi. The molecule has 3 rings (SSSR count). The molecule has 0 radical (unpaired) electrons. The molecule has 0 saturated carbocycles. The zero-order valence-electron chi connectivity index (χ0n) is 21.8. The number of carbonyl (C=O) groups excluding carboxylic acids is 1. The van der Waals surface area contributed by atoms with Crippen molar-refractivity contribution in [1.29, 1.82) is 5.26 Å². The van der Waals surface area contributed by atoms with Crippen LogP contribution in [0.3, 0.4) is 0 Å². The van der Waals surface area contributed by atoms with Crippen LogP contribution in [-0.2, 0) is 4.74 Å². The smallest absolute Gasteiger partial charge is 0.410 e. The Hall–Kier alpha value is -1.75. The van der Waals surface area contributed by atoms with Crippen molar-refractivity contribution in [3.8, 4) is 17.2 Å². The number of likely N-dealkylation sites (tertiary alicyclic amines) is 1. The van der Waals surface area contributed by atoms with Crippen molar-refractivity contribution in [1.82, 2.24) is 4.90 Å². The minimum absolute atomic E-state index is 0.218. The molecule has 188 valence electrons. The highest BCUT2D eigenvalue weighted by Gasteiger charge is 2.27. The maximum Gasteiger partial charge on any atom is 0.410 e. The molecule has 0 N–H and O–H groups in total. The molecule has 2 aromatic rings. The van der Waals surface area contributed by atoms with E-state index in [9.17, 15) is 10.1 Å². The average Bonchev–Trinajstić information content (AvgIpc) is 2.78. The van der Waals surface area contributed by atoms with Crippen LogP contribution in [0.15, 0.2) is 45.8 Å². The number of nitriles is 1. The fourth-order valence-corrected chi connectivity index (χ4v) is 8.41. The number of piperidine rings is 1. The quantitative estimate of drug-likeness (QED) is 0.257. The van der Waals surface area contributed by atoms with Crippen molar-refractivity contribution >= 4 is 41.9 Å². The highest BCUT2D eigenvalue weighted by atomic mass is 79.9. The third-order valence-corrected chi connectivity index (χ3v) is 10.3. The van der Waals surface area contributed by atoms with Crippen LogP contribution in [0.5, 0.6) is 0 Å². The van der Waals surface area contributed by atoms with Crippen LogP contribution in [0.25, 0.3) is 11.1 Å². The number of hydrogen-bond acceptors (Lipinski definition) is 4. The summed E-state index contributed by atoms with van der Waals surface area (Å²) in [6, 6.07) is 16.4. The highest BCUT2D eigenvalue weighted by molar-refractivity contribution is 9.10. The van der Waals surface area contributed by atoms with Gasteiger partial charge in [-0.05, 0) is 84.5 Å². The van der Waals surface area contributed by atoms with Gasteiger partial charge in [0.1, 0.15) is 11.7 Å². The van der Waals surface area contributed by atoms with Crippen molar-refractivity contribution < 1.29 is 9.53 Å². The number of ether oxygens (including phenoxy) is 1. The number of halogens is 1. The number of amides is 1. The van der Waals surface area contributed by atoms with Crippen LogP contribution < -0.4 is 0 Å². The van der Waals surface area contributed by atoms with Gasteiger partial charge >= 0.3 is 6.09 Å². The van der Waals surface area contributed by atoms with E-state index >= 15 is 0 Å². The molecule has 35 heavy (non-hydrogen) atoms. The minimum Gasteiger partial charge on any atom is -0.444 e. The fraction of sp³-hybridized carbons (Fsp3) is 0.500. The summed E-state index contributed by atoms with van der Waals surface area (Å²) in [7, 11) is -1.13. The molecule has 0 aliphatic carbocycles. The summed E-state index contributed by atoms with van der Waals surface area (Å²) in [5, 5.41) is 10.0. The molecule has 0 aromatic heterocycles. The molecule has 4 nitrogen and oxygen atoms in total. The Labute approximate surface area is 224 Å². The van der Waals surface area contributed by atoms with E-state index in [1.54, 1.807) is 11.8 Å². The van der Waals surface area contributed by atoms with Gasteiger partial charge in [0.25, 0.3) is 0 Å². The number of carbonyl (C=O) groups is 1. The van der Waals surface area contributed by atoms with Gasteiger partial charge in [-0.2, -0.15) is 5.26 Å². The van der Waals surface area contributed by atoms with Gasteiger partial charge in [-0.15, -0.1) is 11.8 Å². The normalized spacial score (nSPS) is 15.1. The van der Waals surface area contributed by atoms with Crippen molar-refractivity contribution in [3.05, 3.63) is 52.0 Å². The molecule has 0 unspecified atom stereocenters. The molecule has 1 fully saturated rings. The summed E-state index contributed by atoms with van der Waals surface area (Å²) in [5.74, 6) is 1.46. The Balaban J connectivity index is 1.71. The molecule has 2 aromatic carbocycles. The van der Waals surface area contributed by atoms with Gasteiger partial charge in [-0.3, -0.25) is 0 Å². The number of benzene rings is 2. The Morgan fingerprint density at radius 2 is 1.77 bits per heavy atom. The molecule has 0 spiro atoms. The Morgan fingerprint density at radius 1 is 1.14 bits per heavy atom. The van der Waals surface area contributed by atoms with Crippen LogP contribution in [0.1, 0.15) is 50.7 Å². The van der Waals surface area contributed by atoms with E-state index in [1.807, 2.05) is 31.7 Å². The zero-order chi connectivity index (χ0) is 25.8. The third-order valence-electron chi connectivity index (χ3n) is 6.16. The lowest BCUT2D eigenvalue weighted by molar-refractivity contribution is 0.0205. The number of thioether (sulfide) groups is 1. The second kappa shape index (κ2) is 11.5. The van der Waals surface area contributed by atoms with Crippen molar-refractivity contribution in [2.75, 3.05) is 18.8 Å². The van der Waals surface area contributed by atoms with Gasteiger partial charge in [0, 0.05) is 36.1 Å². The summed E-state index contributed by atoms with van der Waals surface area (Å²) in [6.07, 6.45) is 1.64. The molecule has 1 aliphatic rings. The predicted octanol–water partition coefficient (Wildman–Crippen LogP) is 8.53. The van der Waals surface area contributed by atoms with E-state index in [0.29, 0.717) is 19.0 Å². The van der Waals surface area contributed by atoms with Crippen LogP contribution in [0.2, 0.25) is 25.7 Å². The van der Waals surface area contributed by atoms with Gasteiger partial charge in [-0.1, -0.05) is 50.0 Å². The molecular weight excluding hydrogens is 536 g/mol. The van der Waals surface area contributed by atoms with Crippen LogP contribution in [0.4, 0.5) is 4.79 Å². The summed E-state index contributed by atoms with van der Waals surface area (Å²) in [6.45, 7) is 14.3. The first-order chi connectivity index (χ1) is 16.4.